The topological polar surface area (TPSA) is 86.1 Å². The highest BCUT2D eigenvalue weighted by atomic mass is 32.2. The Morgan fingerprint density at radius 3 is 2.70 bits per heavy atom. The van der Waals surface area contributed by atoms with Crippen LogP contribution in [0.15, 0.2) is 24.4 Å². The van der Waals surface area contributed by atoms with Crippen LogP contribution in [0.2, 0.25) is 0 Å². The van der Waals surface area contributed by atoms with Gasteiger partial charge < -0.3 is 5.32 Å². The quantitative estimate of drug-likeness (QED) is 0.878. The number of hydrogen-bond donors (Lipinski definition) is 1. The molecule has 1 aliphatic heterocycles. The summed E-state index contributed by atoms with van der Waals surface area (Å²) < 4.78 is 26.0. The van der Waals surface area contributed by atoms with Crippen molar-refractivity contribution < 1.29 is 8.42 Å². The maximum Gasteiger partial charge on any atom is 0.214 e. The summed E-state index contributed by atoms with van der Waals surface area (Å²) in [6.07, 6.45) is 5.90. The molecule has 0 spiro atoms. The van der Waals surface area contributed by atoms with Gasteiger partial charge in [-0.3, -0.25) is 4.98 Å². The Morgan fingerprint density at radius 2 is 2.04 bits per heavy atom. The average molecular weight is 385 g/mol. The Labute approximate surface area is 160 Å². The van der Waals surface area contributed by atoms with Crippen LogP contribution in [0.4, 0.5) is 5.69 Å². The minimum atomic E-state index is -3.05. The van der Waals surface area contributed by atoms with E-state index in [9.17, 15) is 13.7 Å². The number of fused-ring (bicyclic) bond motifs is 1. The lowest BCUT2D eigenvalue weighted by molar-refractivity contribution is 0.258. The smallest absolute Gasteiger partial charge is 0.214 e. The molecule has 2 aliphatic rings. The molecule has 0 bridgehead atoms. The van der Waals surface area contributed by atoms with Crippen LogP contribution in [0.25, 0.3) is 10.9 Å². The maximum absolute atomic E-state index is 12.2. The number of aromatic nitrogens is 1. The van der Waals surface area contributed by atoms with E-state index in [0.717, 1.165) is 54.3 Å². The molecule has 1 aromatic heterocycles. The number of hydrogen-bond acceptors (Lipinski definition) is 5. The van der Waals surface area contributed by atoms with E-state index in [0.29, 0.717) is 17.9 Å². The van der Waals surface area contributed by atoms with Crippen molar-refractivity contribution in [1.82, 2.24) is 9.29 Å². The highest BCUT2D eigenvalue weighted by Crippen LogP contribution is 2.33. The Hall–Kier alpha value is -2.17. The fraction of sp³-hybridized carbons (Fsp3) is 0.500. The van der Waals surface area contributed by atoms with Crippen LogP contribution in [-0.2, 0) is 10.0 Å². The minimum Gasteiger partial charge on any atom is -0.381 e. The largest absolute Gasteiger partial charge is 0.381 e. The van der Waals surface area contributed by atoms with Crippen LogP contribution in [0.3, 0.4) is 0 Å². The molecule has 0 radical (unpaired) electrons. The van der Waals surface area contributed by atoms with Gasteiger partial charge in [0.05, 0.1) is 22.5 Å². The minimum absolute atomic E-state index is 0.127. The predicted octanol–water partition coefficient (Wildman–Crippen LogP) is 3.17. The van der Waals surface area contributed by atoms with Crippen molar-refractivity contribution in [2.75, 3.05) is 17.6 Å². The predicted molar refractivity (Wildman–Crippen MR) is 106 cm³/mol. The number of aryl methyl sites for hydroxylation is 1. The van der Waals surface area contributed by atoms with Crippen molar-refractivity contribution in [1.29, 1.82) is 5.26 Å². The van der Waals surface area contributed by atoms with Crippen LogP contribution in [0.5, 0.6) is 0 Å². The number of anilines is 1. The summed E-state index contributed by atoms with van der Waals surface area (Å²) in [6, 6.07) is 8.68. The summed E-state index contributed by atoms with van der Waals surface area (Å²) in [5, 5.41) is 14.1. The molecule has 7 heteroatoms. The van der Waals surface area contributed by atoms with Crippen molar-refractivity contribution in [3.8, 4) is 6.07 Å². The zero-order chi connectivity index (χ0) is 19.0. The third kappa shape index (κ3) is 3.52. The lowest BCUT2D eigenvalue weighted by Gasteiger charge is -2.34. The SMILES string of the molecule is Cc1ccc2ncc(C#N)c(NC3CCC(N4CCCS4(=O)=O)CC3)c2c1. The van der Waals surface area contributed by atoms with Gasteiger partial charge in [0.1, 0.15) is 6.07 Å². The number of rotatable bonds is 3. The van der Waals surface area contributed by atoms with E-state index in [4.69, 9.17) is 0 Å². The number of benzene rings is 1. The van der Waals surface area contributed by atoms with Crippen molar-refractivity contribution in [3.63, 3.8) is 0 Å². The lowest BCUT2D eigenvalue weighted by atomic mass is 9.90. The van der Waals surface area contributed by atoms with Crippen molar-refractivity contribution in [3.05, 3.63) is 35.5 Å². The van der Waals surface area contributed by atoms with Crippen molar-refractivity contribution in [2.45, 2.75) is 51.1 Å². The summed E-state index contributed by atoms with van der Waals surface area (Å²) in [7, 11) is -3.05. The second-order valence-corrected chi connectivity index (χ2v) is 9.65. The molecule has 2 heterocycles. The fourth-order valence-electron chi connectivity index (χ4n) is 4.33. The highest BCUT2D eigenvalue weighted by Gasteiger charge is 2.36. The Balaban J connectivity index is 1.53. The summed E-state index contributed by atoms with van der Waals surface area (Å²) in [6.45, 7) is 2.70. The first-order chi connectivity index (χ1) is 13.0. The third-order valence-electron chi connectivity index (χ3n) is 5.73. The Morgan fingerprint density at radius 1 is 1.26 bits per heavy atom. The standard InChI is InChI=1S/C20H24N4O2S/c1-14-3-8-19-18(11-14)20(15(12-21)13-22-19)23-16-4-6-17(7-5-16)24-9-2-10-27(24,25)26/h3,8,11,13,16-17H,2,4-7,9-10H2,1H3,(H,22,23). The Bertz CT molecular complexity index is 1000. The molecule has 142 valence electrons. The van der Waals surface area contributed by atoms with E-state index < -0.39 is 10.0 Å². The highest BCUT2D eigenvalue weighted by molar-refractivity contribution is 7.89. The van der Waals surface area contributed by atoms with Gasteiger partial charge in [0, 0.05) is 30.2 Å². The summed E-state index contributed by atoms with van der Waals surface area (Å²) in [5.74, 6) is 0.291. The molecule has 2 aromatic rings. The van der Waals surface area contributed by atoms with E-state index >= 15 is 0 Å². The van der Waals surface area contributed by atoms with E-state index in [2.05, 4.69) is 22.4 Å². The van der Waals surface area contributed by atoms with E-state index in [1.54, 1.807) is 10.5 Å². The van der Waals surface area contributed by atoms with Gasteiger partial charge in [0.15, 0.2) is 0 Å². The number of sulfonamides is 1. The monoisotopic (exact) mass is 384 g/mol. The Kier molecular flexibility index (Phi) is 4.79. The summed E-state index contributed by atoms with van der Waals surface area (Å²) in [4.78, 5) is 4.39. The van der Waals surface area contributed by atoms with E-state index in [1.807, 2.05) is 19.1 Å². The molecule has 1 N–H and O–H groups in total. The molecule has 2 fully saturated rings. The zero-order valence-corrected chi connectivity index (χ0v) is 16.3. The molecule has 6 nitrogen and oxygen atoms in total. The lowest BCUT2D eigenvalue weighted by Crippen LogP contribution is -2.41. The first kappa shape index (κ1) is 18.2. The first-order valence-electron chi connectivity index (χ1n) is 9.53. The summed E-state index contributed by atoms with van der Waals surface area (Å²) in [5.41, 5.74) is 3.41. The van der Waals surface area contributed by atoms with Gasteiger partial charge in [-0.2, -0.15) is 9.57 Å². The second-order valence-electron chi connectivity index (χ2n) is 7.61. The van der Waals surface area contributed by atoms with Gasteiger partial charge in [-0.15, -0.1) is 0 Å². The van der Waals surface area contributed by atoms with E-state index in [-0.39, 0.29) is 12.1 Å². The molecular weight excluding hydrogens is 360 g/mol. The normalized spacial score (nSPS) is 25.3. The number of nitrogens with one attached hydrogen (secondary N) is 1. The van der Waals surface area contributed by atoms with Crippen molar-refractivity contribution >= 4 is 26.6 Å². The molecule has 1 aromatic carbocycles. The van der Waals surface area contributed by atoms with Crippen LogP contribution in [0, 0.1) is 18.3 Å². The van der Waals surface area contributed by atoms with Crippen LogP contribution in [-0.4, -0.2) is 42.1 Å². The molecule has 1 aliphatic carbocycles. The van der Waals surface area contributed by atoms with Gasteiger partial charge in [0.25, 0.3) is 0 Å². The van der Waals surface area contributed by atoms with Crippen molar-refractivity contribution in [2.24, 2.45) is 0 Å². The average Bonchev–Trinajstić information content (AvgIpc) is 3.02. The molecule has 4 rings (SSSR count). The van der Waals surface area contributed by atoms with Gasteiger partial charge >= 0.3 is 0 Å². The summed E-state index contributed by atoms with van der Waals surface area (Å²) >= 11 is 0. The van der Waals surface area contributed by atoms with Gasteiger partial charge in [0.2, 0.25) is 10.0 Å². The fourth-order valence-corrected chi connectivity index (χ4v) is 6.13. The number of nitrogens with zero attached hydrogens (tertiary/aromatic N) is 3. The molecule has 27 heavy (non-hydrogen) atoms. The van der Waals surface area contributed by atoms with Gasteiger partial charge in [-0.25, -0.2) is 8.42 Å². The zero-order valence-electron chi connectivity index (χ0n) is 15.5. The van der Waals surface area contributed by atoms with Crippen LogP contribution in [0.1, 0.15) is 43.2 Å². The molecule has 0 unspecified atom stereocenters. The first-order valence-corrected chi connectivity index (χ1v) is 11.1. The third-order valence-corrected chi connectivity index (χ3v) is 7.73. The molecule has 0 atom stereocenters. The second kappa shape index (κ2) is 7.10. The van der Waals surface area contributed by atoms with E-state index in [1.165, 1.54) is 0 Å². The molecule has 0 amide bonds. The van der Waals surface area contributed by atoms with Crippen LogP contribution < -0.4 is 5.32 Å². The molecule has 1 saturated heterocycles. The number of pyridine rings is 1. The van der Waals surface area contributed by atoms with Gasteiger partial charge in [-0.05, 0) is 51.2 Å². The molecule has 1 saturated carbocycles. The maximum atomic E-state index is 12.2. The van der Waals surface area contributed by atoms with Crippen LogP contribution >= 0.6 is 0 Å². The molecular formula is C20H24N4O2S. The number of nitriles is 1. The van der Waals surface area contributed by atoms with Gasteiger partial charge in [-0.1, -0.05) is 11.6 Å².